The summed E-state index contributed by atoms with van der Waals surface area (Å²) < 4.78 is 0. The maximum atomic E-state index is 14.2. The van der Waals surface area contributed by atoms with Crippen molar-refractivity contribution in [2.45, 2.75) is 57.2 Å². The van der Waals surface area contributed by atoms with Gasteiger partial charge in [-0.05, 0) is 55.2 Å². The number of carbonyl (C=O) groups excluding carboxylic acids is 4. The van der Waals surface area contributed by atoms with Crippen molar-refractivity contribution in [2.24, 2.45) is 11.8 Å². The standard InChI is InChI=1S/C32H38N4O4/c1-22-31(39)34-27(18-24-11-6-3-7-12-24)32(40)36-20-25-17-26(28(36)13-8-14-29(37)33-22)21-35(19-25)30(38)16-15-23-9-4-2-5-10-23/h2-7,9-12,15-16,22,25-28H,8,13-14,17-21H2,1H3,(H,33,37)(H,34,39)/b16-15+/t22-,25+,26-,27+,28+/m1/s1. The van der Waals surface area contributed by atoms with Gasteiger partial charge in [0.2, 0.25) is 23.6 Å². The van der Waals surface area contributed by atoms with Crippen LogP contribution >= 0.6 is 0 Å². The fourth-order valence-electron chi connectivity index (χ4n) is 6.39. The van der Waals surface area contributed by atoms with Crippen LogP contribution in [0.5, 0.6) is 0 Å². The summed E-state index contributed by atoms with van der Waals surface area (Å²) in [7, 11) is 0. The van der Waals surface area contributed by atoms with Crippen molar-refractivity contribution >= 4 is 29.7 Å². The molecule has 2 N–H and O–H groups in total. The van der Waals surface area contributed by atoms with Crippen LogP contribution < -0.4 is 10.6 Å². The molecule has 3 saturated heterocycles. The van der Waals surface area contributed by atoms with Crippen molar-refractivity contribution in [2.75, 3.05) is 19.6 Å². The van der Waals surface area contributed by atoms with E-state index in [9.17, 15) is 19.2 Å². The molecule has 0 unspecified atom stereocenters. The monoisotopic (exact) mass is 542 g/mol. The van der Waals surface area contributed by atoms with Crippen LogP contribution in [0.3, 0.4) is 0 Å². The fraction of sp³-hybridized carbons (Fsp3) is 0.438. The first kappa shape index (κ1) is 27.6. The van der Waals surface area contributed by atoms with E-state index in [4.69, 9.17) is 0 Å². The van der Waals surface area contributed by atoms with Gasteiger partial charge in [0.25, 0.3) is 0 Å². The highest BCUT2D eigenvalue weighted by Gasteiger charge is 2.45. The molecule has 4 amide bonds. The van der Waals surface area contributed by atoms with Crippen LogP contribution in [0.25, 0.3) is 6.08 Å². The number of rotatable bonds is 4. The zero-order valence-electron chi connectivity index (χ0n) is 23.0. The Labute approximate surface area is 235 Å². The molecular formula is C32H38N4O4. The van der Waals surface area contributed by atoms with E-state index in [1.54, 1.807) is 13.0 Å². The van der Waals surface area contributed by atoms with Crippen LogP contribution in [-0.4, -0.2) is 71.2 Å². The predicted octanol–water partition coefficient (Wildman–Crippen LogP) is 2.79. The number of carbonyl (C=O) groups is 4. The molecule has 2 aromatic rings. The second kappa shape index (κ2) is 12.5. The van der Waals surface area contributed by atoms with Crippen molar-refractivity contribution < 1.29 is 19.2 Å². The maximum Gasteiger partial charge on any atom is 0.246 e. The minimum absolute atomic E-state index is 0.0194. The lowest BCUT2D eigenvalue weighted by molar-refractivity contribution is -0.147. The van der Waals surface area contributed by atoms with Gasteiger partial charge in [0, 0.05) is 44.6 Å². The molecule has 40 heavy (non-hydrogen) atoms. The molecule has 5 atom stereocenters. The molecule has 5 rings (SSSR count). The predicted molar refractivity (Wildman–Crippen MR) is 153 cm³/mol. The molecule has 2 aromatic carbocycles. The molecule has 210 valence electrons. The zero-order chi connectivity index (χ0) is 28.1. The van der Waals surface area contributed by atoms with Gasteiger partial charge in [0.15, 0.2) is 0 Å². The lowest BCUT2D eigenvalue weighted by Crippen LogP contribution is -2.63. The molecule has 8 nitrogen and oxygen atoms in total. The second-order valence-electron chi connectivity index (χ2n) is 11.3. The molecule has 8 heteroatoms. The fourth-order valence-corrected chi connectivity index (χ4v) is 6.39. The van der Waals surface area contributed by atoms with E-state index in [1.807, 2.05) is 76.5 Å². The van der Waals surface area contributed by atoms with Crippen LogP contribution in [0.15, 0.2) is 66.7 Å². The number of fused-ring (bicyclic) bond motifs is 4. The minimum Gasteiger partial charge on any atom is -0.345 e. The van der Waals surface area contributed by atoms with E-state index >= 15 is 0 Å². The average molecular weight is 543 g/mol. The summed E-state index contributed by atoms with van der Waals surface area (Å²) in [6.07, 6.45) is 6.38. The number of piperidine rings is 2. The van der Waals surface area contributed by atoms with Gasteiger partial charge in [-0.1, -0.05) is 60.7 Å². The third kappa shape index (κ3) is 6.61. The third-order valence-corrected chi connectivity index (χ3v) is 8.35. The topological polar surface area (TPSA) is 98.8 Å². The molecule has 0 radical (unpaired) electrons. The molecule has 0 saturated carbocycles. The van der Waals surface area contributed by atoms with Crippen LogP contribution in [0.4, 0.5) is 0 Å². The normalized spacial score (nSPS) is 27.7. The first-order valence-electron chi connectivity index (χ1n) is 14.3. The number of hydrogen-bond donors (Lipinski definition) is 2. The highest BCUT2D eigenvalue weighted by atomic mass is 16.2. The van der Waals surface area contributed by atoms with Gasteiger partial charge in [0.1, 0.15) is 12.1 Å². The van der Waals surface area contributed by atoms with Gasteiger partial charge < -0.3 is 20.4 Å². The second-order valence-corrected chi connectivity index (χ2v) is 11.3. The van der Waals surface area contributed by atoms with Crippen molar-refractivity contribution in [1.82, 2.24) is 20.4 Å². The lowest BCUT2D eigenvalue weighted by atomic mass is 9.77. The number of amides is 4. The molecule has 3 aliphatic rings. The summed E-state index contributed by atoms with van der Waals surface area (Å²) >= 11 is 0. The number of likely N-dealkylation sites (tertiary alicyclic amines) is 1. The molecule has 3 fully saturated rings. The van der Waals surface area contributed by atoms with E-state index in [2.05, 4.69) is 10.6 Å². The largest absolute Gasteiger partial charge is 0.345 e. The van der Waals surface area contributed by atoms with Crippen molar-refractivity contribution in [1.29, 1.82) is 0 Å². The van der Waals surface area contributed by atoms with E-state index in [0.717, 1.165) is 17.5 Å². The van der Waals surface area contributed by atoms with E-state index in [0.29, 0.717) is 45.3 Å². The number of hydrogen-bond acceptors (Lipinski definition) is 4. The molecule has 0 spiro atoms. The smallest absolute Gasteiger partial charge is 0.246 e. The first-order chi connectivity index (χ1) is 19.4. The number of nitrogens with one attached hydrogen (secondary N) is 2. The van der Waals surface area contributed by atoms with Gasteiger partial charge in [-0.25, -0.2) is 0 Å². The Balaban J connectivity index is 1.37. The zero-order valence-corrected chi connectivity index (χ0v) is 23.0. The molecule has 0 aromatic heterocycles. The van der Waals surface area contributed by atoms with Crippen LogP contribution in [0.1, 0.15) is 43.7 Å². The molecule has 3 aliphatic heterocycles. The Kier molecular flexibility index (Phi) is 8.63. The molecule has 0 aliphatic carbocycles. The van der Waals surface area contributed by atoms with Crippen molar-refractivity contribution in [3.63, 3.8) is 0 Å². The molecular weight excluding hydrogens is 504 g/mol. The number of benzene rings is 2. The Morgan fingerprint density at radius 2 is 1.68 bits per heavy atom. The average Bonchev–Trinajstić information content (AvgIpc) is 2.96. The highest BCUT2D eigenvalue weighted by molar-refractivity contribution is 5.93. The third-order valence-electron chi connectivity index (χ3n) is 8.35. The van der Waals surface area contributed by atoms with Gasteiger partial charge >= 0.3 is 0 Å². The van der Waals surface area contributed by atoms with Gasteiger partial charge in [-0.2, -0.15) is 0 Å². The van der Waals surface area contributed by atoms with Crippen LogP contribution in [-0.2, 0) is 25.6 Å². The number of nitrogens with zero attached hydrogens (tertiary/aromatic N) is 2. The van der Waals surface area contributed by atoms with Crippen molar-refractivity contribution in [3.05, 3.63) is 77.9 Å². The summed E-state index contributed by atoms with van der Waals surface area (Å²) in [6, 6.07) is 17.9. The lowest BCUT2D eigenvalue weighted by Gasteiger charge is -2.51. The molecule has 3 heterocycles. The summed E-state index contributed by atoms with van der Waals surface area (Å²) in [4.78, 5) is 56.8. The Hall–Kier alpha value is -3.94. The van der Waals surface area contributed by atoms with Crippen molar-refractivity contribution in [3.8, 4) is 0 Å². The van der Waals surface area contributed by atoms with Gasteiger partial charge in [0.05, 0.1) is 0 Å². The Morgan fingerprint density at radius 3 is 2.42 bits per heavy atom. The van der Waals surface area contributed by atoms with Crippen LogP contribution in [0.2, 0.25) is 0 Å². The summed E-state index contributed by atoms with van der Waals surface area (Å²) in [5.74, 6) is -0.353. The first-order valence-corrected chi connectivity index (χ1v) is 14.3. The Morgan fingerprint density at radius 1 is 0.950 bits per heavy atom. The van der Waals surface area contributed by atoms with E-state index < -0.39 is 12.1 Å². The minimum atomic E-state index is -0.735. The van der Waals surface area contributed by atoms with Crippen LogP contribution in [0, 0.1) is 11.8 Å². The highest BCUT2D eigenvalue weighted by Crippen LogP contribution is 2.36. The van der Waals surface area contributed by atoms with Gasteiger partial charge in [-0.3, -0.25) is 19.2 Å². The van der Waals surface area contributed by atoms with Gasteiger partial charge in [-0.15, -0.1) is 0 Å². The molecule has 2 bridgehead atoms. The Bertz CT molecular complexity index is 1250. The summed E-state index contributed by atoms with van der Waals surface area (Å²) in [5.41, 5.74) is 1.93. The SMILES string of the molecule is C[C@H]1NC(=O)CCC[C@H]2[C@@H]3C[C@@H](CN(C(=O)/C=C/c4ccccc4)C3)CN2C(=O)[C@H](Cc2ccccc2)NC1=O. The summed E-state index contributed by atoms with van der Waals surface area (Å²) in [6.45, 7) is 3.35. The summed E-state index contributed by atoms with van der Waals surface area (Å²) in [5, 5.41) is 5.72. The van der Waals surface area contributed by atoms with E-state index in [-0.39, 0.29) is 41.5 Å². The maximum absolute atomic E-state index is 14.2. The quantitative estimate of drug-likeness (QED) is 0.581. The van der Waals surface area contributed by atoms with E-state index in [1.165, 1.54) is 0 Å².